The Morgan fingerprint density at radius 2 is 1.00 bits per heavy atom. The molecular formula is C28H26N2O. The molecule has 0 radical (unpaired) electrons. The van der Waals surface area contributed by atoms with Gasteiger partial charge in [0, 0.05) is 33.9 Å². The molecule has 154 valence electrons. The Hall–Kier alpha value is -3.72. The fourth-order valence-corrected chi connectivity index (χ4v) is 3.35. The molecule has 0 amide bonds. The maximum absolute atomic E-state index is 5.65. The highest BCUT2D eigenvalue weighted by atomic mass is 16.3. The van der Waals surface area contributed by atoms with Gasteiger partial charge in [0.25, 0.3) is 0 Å². The average Bonchev–Trinajstić information content (AvgIpc) is 3.23. The zero-order valence-corrected chi connectivity index (χ0v) is 18.0. The van der Waals surface area contributed by atoms with Crippen LogP contribution in [0.3, 0.4) is 0 Å². The lowest BCUT2D eigenvalue weighted by Crippen LogP contribution is -1.83. The number of unbranched alkanes of at least 4 members (excludes halogenated alkanes) is 1. The predicted octanol–water partition coefficient (Wildman–Crippen LogP) is 8.18. The fourth-order valence-electron chi connectivity index (χ4n) is 3.35. The van der Waals surface area contributed by atoms with Crippen molar-refractivity contribution in [3.05, 3.63) is 97.3 Å². The molecule has 0 saturated heterocycles. The lowest BCUT2D eigenvalue weighted by atomic mass is 10.1. The molecule has 6 aromatic rings. The summed E-state index contributed by atoms with van der Waals surface area (Å²) in [5, 5.41) is 4.66. The highest BCUT2D eigenvalue weighted by molar-refractivity contribution is 6.04. The Balaban J connectivity index is 0.000000128. The Morgan fingerprint density at radius 3 is 1.45 bits per heavy atom. The third-order valence-electron chi connectivity index (χ3n) is 5.13. The van der Waals surface area contributed by atoms with Crippen molar-refractivity contribution in [2.75, 3.05) is 0 Å². The lowest BCUT2D eigenvalue weighted by Gasteiger charge is -2.00. The van der Waals surface area contributed by atoms with Gasteiger partial charge in [0.2, 0.25) is 0 Å². The standard InChI is InChI=1S/C12H8N2.C12H8O.C4H10/c1-3-9-5-6-10-4-2-8-14-12(10)11(9)13-7-1;1-3-7-11-9(5-1)10-6-2-4-8-12(10)13-11;1-3-4-2/h1-8H;1-8H;3-4H2,1-2H3. The molecule has 31 heavy (non-hydrogen) atoms. The molecule has 3 heterocycles. The Morgan fingerprint density at radius 1 is 0.548 bits per heavy atom. The van der Waals surface area contributed by atoms with E-state index >= 15 is 0 Å². The van der Waals surface area contributed by atoms with E-state index in [1.807, 2.05) is 48.5 Å². The molecule has 3 aromatic carbocycles. The number of aromatic nitrogens is 2. The third kappa shape index (κ3) is 4.56. The van der Waals surface area contributed by atoms with E-state index in [0.29, 0.717) is 0 Å². The molecule has 6 rings (SSSR count). The van der Waals surface area contributed by atoms with Gasteiger partial charge in [-0.2, -0.15) is 0 Å². The van der Waals surface area contributed by atoms with E-state index < -0.39 is 0 Å². The maximum Gasteiger partial charge on any atom is 0.135 e. The molecule has 3 heteroatoms. The van der Waals surface area contributed by atoms with Crippen LogP contribution < -0.4 is 0 Å². The van der Waals surface area contributed by atoms with Crippen LogP contribution in [0.5, 0.6) is 0 Å². The van der Waals surface area contributed by atoms with Gasteiger partial charge in [0.05, 0.1) is 11.0 Å². The van der Waals surface area contributed by atoms with Crippen LogP contribution in [-0.4, -0.2) is 9.97 Å². The van der Waals surface area contributed by atoms with Gasteiger partial charge in [-0.3, -0.25) is 9.97 Å². The molecule has 0 aliphatic heterocycles. The maximum atomic E-state index is 5.65. The van der Waals surface area contributed by atoms with Crippen molar-refractivity contribution in [1.29, 1.82) is 0 Å². The van der Waals surface area contributed by atoms with Crippen LogP contribution in [-0.2, 0) is 0 Å². The number of pyridine rings is 2. The van der Waals surface area contributed by atoms with Gasteiger partial charge in [0.1, 0.15) is 11.2 Å². The summed E-state index contributed by atoms with van der Waals surface area (Å²) in [6, 6.07) is 28.3. The normalized spacial score (nSPS) is 10.5. The first-order valence-corrected chi connectivity index (χ1v) is 10.8. The molecule has 0 aliphatic carbocycles. The van der Waals surface area contributed by atoms with Crippen LogP contribution in [0, 0.1) is 0 Å². The van der Waals surface area contributed by atoms with Gasteiger partial charge in [0.15, 0.2) is 0 Å². The molecule has 0 atom stereocenters. The van der Waals surface area contributed by atoms with Gasteiger partial charge < -0.3 is 4.42 Å². The summed E-state index contributed by atoms with van der Waals surface area (Å²) in [7, 11) is 0. The number of furan rings is 1. The quantitative estimate of drug-likeness (QED) is 0.258. The highest BCUT2D eigenvalue weighted by Crippen LogP contribution is 2.27. The predicted molar refractivity (Wildman–Crippen MR) is 131 cm³/mol. The van der Waals surface area contributed by atoms with Crippen LogP contribution in [0.15, 0.2) is 102 Å². The van der Waals surface area contributed by atoms with Crippen molar-refractivity contribution in [1.82, 2.24) is 9.97 Å². The number of hydrogen-bond donors (Lipinski definition) is 0. The van der Waals surface area contributed by atoms with Crippen molar-refractivity contribution in [2.24, 2.45) is 0 Å². The molecule has 0 N–H and O–H groups in total. The van der Waals surface area contributed by atoms with Gasteiger partial charge in [-0.1, -0.05) is 87.4 Å². The second-order valence-corrected chi connectivity index (χ2v) is 7.31. The van der Waals surface area contributed by atoms with E-state index in [4.69, 9.17) is 4.42 Å². The first-order valence-electron chi connectivity index (χ1n) is 10.8. The van der Waals surface area contributed by atoms with Crippen LogP contribution in [0.1, 0.15) is 26.7 Å². The highest BCUT2D eigenvalue weighted by Gasteiger charge is 2.03. The summed E-state index contributed by atoms with van der Waals surface area (Å²) in [4.78, 5) is 8.69. The van der Waals surface area contributed by atoms with Crippen molar-refractivity contribution in [3.63, 3.8) is 0 Å². The third-order valence-corrected chi connectivity index (χ3v) is 5.13. The number of nitrogens with zero attached hydrogens (tertiary/aromatic N) is 2. The van der Waals surface area contributed by atoms with Crippen molar-refractivity contribution >= 4 is 43.7 Å². The van der Waals surface area contributed by atoms with E-state index in [1.54, 1.807) is 12.4 Å². The lowest BCUT2D eigenvalue weighted by molar-refractivity contribution is 0.669. The van der Waals surface area contributed by atoms with Crippen LogP contribution >= 0.6 is 0 Å². The fraction of sp³-hybridized carbons (Fsp3) is 0.143. The minimum absolute atomic E-state index is 0.962. The molecular weight excluding hydrogens is 380 g/mol. The smallest absolute Gasteiger partial charge is 0.135 e. The summed E-state index contributed by atoms with van der Waals surface area (Å²) in [5.74, 6) is 0. The molecule has 0 aliphatic rings. The van der Waals surface area contributed by atoms with E-state index in [9.17, 15) is 0 Å². The number of para-hydroxylation sites is 2. The number of fused-ring (bicyclic) bond motifs is 6. The van der Waals surface area contributed by atoms with Crippen LogP contribution in [0.2, 0.25) is 0 Å². The van der Waals surface area contributed by atoms with E-state index in [-0.39, 0.29) is 0 Å². The summed E-state index contributed by atoms with van der Waals surface area (Å²) in [6.45, 7) is 4.36. The zero-order chi connectivity index (χ0) is 21.5. The number of benzene rings is 3. The minimum atomic E-state index is 0.962. The molecule has 3 aromatic heterocycles. The van der Waals surface area contributed by atoms with Crippen LogP contribution in [0.25, 0.3) is 43.7 Å². The van der Waals surface area contributed by atoms with Gasteiger partial charge in [-0.25, -0.2) is 0 Å². The average molecular weight is 407 g/mol. The topological polar surface area (TPSA) is 38.9 Å². The van der Waals surface area contributed by atoms with E-state index in [0.717, 1.165) is 33.0 Å². The molecule has 0 spiro atoms. The van der Waals surface area contributed by atoms with E-state index in [1.165, 1.54) is 23.6 Å². The van der Waals surface area contributed by atoms with Gasteiger partial charge >= 0.3 is 0 Å². The first-order chi connectivity index (χ1) is 15.3. The minimum Gasteiger partial charge on any atom is -0.456 e. The van der Waals surface area contributed by atoms with Crippen molar-refractivity contribution < 1.29 is 4.42 Å². The summed E-state index contributed by atoms with van der Waals surface area (Å²) in [5.41, 5.74) is 3.88. The zero-order valence-electron chi connectivity index (χ0n) is 18.0. The first kappa shape index (κ1) is 20.5. The number of rotatable bonds is 1. The Bertz CT molecular complexity index is 1310. The van der Waals surface area contributed by atoms with Gasteiger partial charge in [-0.05, 0) is 24.3 Å². The SMILES string of the molecule is CCCC.c1ccc2c(c1)oc1ccccc12.c1cnc2c(c1)ccc1cccnc12. The summed E-state index contributed by atoms with van der Waals surface area (Å²) in [6.07, 6.45) is 6.24. The number of hydrogen-bond acceptors (Lipinski definition) is 3. The summed E-state index contributed by atoms with van der Waals surface area (Å²) < 4.78 is 5.65. The van der Waals surface area contributed by atoms with E-state index in [2.05, 4.69) is 60.2 Å². The Labute approximate surface area is 182 Å². The van der Waals surface area contributed by atoms with Crippen LogP contribution in [0.4, 0.5) is 0 Å². The molecule has 0 unspecified atom stereocenters. The second-order valence-electron chi connectivity index (χ2n) is 7.31. The monoisotopic (exact) mass is 406 g/mol. The molecule has 0 bridgehead atoms. The second kappa shape index (κ2) is 9.86. The van der Waals surface area contributed by atoms with Gasteiger partial charge in [-0.15, -0.1) is 0 Å². The largest absolute Gasteiger partial charge is 0.456 e. The summed E-state index contributed by atoms with van der Waals surface area (Å²) >= 11 is 0. The molecule has 0 saturated carbocycles. The van der Waals surface area contributed by atoms with Crippen molar-refractivity contribution in [3.8, 4) is 0 Å². The Kier molecular flexibility index (Phi) is 6.53. The molecule has 0 fully saturated rings. The molecule has 3 nitrogen and oxygen atoms in total. The van der Waals surface area contributed by atoms with Crippen molar-refractivity contribution in [2.45, 2.75) is 26.7 Å².